The van der Waals surface area contributed by atoms with Gasteiger partial charge in [0.2, 0.25) is 5.13 Å². The maximum atomic E-state index is 8.91. The van der Waals surface area contributed by atoms with Crippen molar-refractivity contribution in [2.24, 2.45) is 0 Å². The smallest absolute Gasteiger partial charge is 0.208 e. The second kappa shape index (κ2) is 4.90. The molecule has 1 N–H and O–H groups in total. The Balaban J connectivity index is 2.82. The monoisotopic (exact) mass is 229 g/mol. The fourth-order valence-electron chi connectivity index (χ4n) is 1.16. The number of hydrogen-bond donors (Lipinski definition) is 1. The highest BCUT2D eigenvalue weighted by Gasteiger charge is 2.20. The van der Waals surface area contributed by atoms with Gasteiger partial charge in [0.25, 0.3) is 0 Å². The summed E-state index contributed by atoms with van der Waals surface area (Å²) < 4.78 is 0. The zero-order valence-corrected chi connectivity index (χ0v) is 10.6. The van der Waals surface area contributed by atoms with E-state index in [1.165, 1.54) is 0 Å². The molecule has 86 valence electrons. The number of aliphatic hydroxyl groups excluding tert-OH is 1. The van der Waals surface area contributed by atoms with E-state index in [9.17, 15) is 0 Å². The molecule has 0 aliphatic rings. The summed E-state index contributed by atoms with van der Waals surface area (Å²) in [5, 5.41) is 19.2. The molecule has 0 aromatic carbocycles. The number of nitrogens with zero attached hydrogens (tertiary/aromatic N) is 3. The molecule has 0 unspecified atom stereocenters. The Hall–Kier alpha value is -0.680. The molecule has 1 rings (SSSR count). The molecule has 0 bridgehead atoms. The summed E-state index contributed by atoms with van der Waals surface area (Å²) in [6, 6.07) is 0. The summed E-state index contributed by atoms with van der Waals surface area (Å²) in [5.41, 5.74) is 0.0501. The Kier molecular flexibility index (Phi) is 4.04. The number of hydrogen-bond acceptors (Lipinski definition) is 5. The van der Waals surface area contributed by atoms with Gasteiger partial charge >= 0.3 is 0 Å². The average molecular weight is 229 g/mol. The van der Waals surface area contributed by atoms with E-state index in [1.807, 2.05) is 11.8 Å². The van der Waals surface area contributed by atoms with Gasteiger partial charge in [-0.05, 0) is 6.92 Å². The number of rotatable bonds is 4. The summed E-state index contributed by atoms with van der Waals surface area (Å²) in [5.74, 6) is 0. The van der Waals surface area contributed by atoms with Crippen LogP contribution in [0.3, 0.4) is 0 Å². The lowest BCUT2D eigenvalue weighted by atomic mass is 9.98. The molecule has 0 aliphatic carbocycles. The first kappa shape index (κ1) is 12.4. The van der Waals surface area contributed by atoms with Crippen molar-refractivity contribution in [2.75, 3.05) is 24.6 Å². The largest absolute Gasteiger partial charge is 0.395 e. The van der Waals surface area contributed by atoms with Crippen LogP contribution in [0.2, 0.25) is 0 Å². The molecule has 1 aromatic heterocycles. The van der Waals surface area contributed by atoms with Crippen LogP contribution in [0.1, 0.15) is 32.7 Å². The highest BCUT2D eigenvalue weighted by atomic mass is 32.1. The van der Waals surface area contributed by atoms with Gasteiger partial charge in [0.15, 0.2) is 0 Å². The Morgan fingerprint density at radius 1 is 1.33 bits per heavy atom. The SMILES string of the molecule is CCN(CCO)c1nnc(C(C)(C)C)s1. The Bertz CT molecular complexity index is 306. The number of likely N-dealkylation sites (N-methyl/N-ethyl adjacent to an activating group) is 1. The molecule has 0 saturated carbocycles. The van der Waals surface area contributed by atoms with E-state index in [1.54, 1.807) is 11.3 Å². The first-order valence-electron chi connectivity index (χ1n) is 5.18. The highest BCUT2D eigenvalue weighted by molar-refractivity contribution is 7.15. The second-order valence-electron chi connectivity index (χ2n) is 4.44. The molecule has 0 fully saturated rings. The van der Waals surface area contributed by atoms with Crippen molar-refractivity contribution in [3.63, 3.8) is 0 Å². The van der Waals surface area contributed by atoms with Crippen LogP contribution < -0.4 is 4.90 Å². The molecule has 0 saturated heterocycles. The Morgan fingerprint density at radius 2 is 2.00 bits per heavy atom. The highest BCUT2D eigenvalue weighted by Crippen LogP contribution is 2.29. The molecule has 0 atom stereocenters. The van der Waals surface area contributed by atoms with E-state index >= 15 is 0 Å². The van der Waals surface area contributed by atoms with Crippen LogP contribution in [-0.4, -0.2) is 35.0 Å². The van der Waals surface area contributed by atoms with Gasteiger partial charge in [-0.1, -0.05) is 32.1 Å². The molecule has 0 radical (unpaired) electrons. The van der Waals surface area contributed by atoms with E-state index in [0.717, 1.165) is 16.7 Å². The number of aromatic nitrogens is 2. The normalized spacial score (nSPS) is 11.8. The second-order valence-corrected chi connectivity index (χ2v) is 5.40. The van der Waals surface area contributed by atoms with Crippen LogP contribution in [0.5, 0.6) is 0 Å². The molecule has 4 nitrogen and oxygen atoms in total. The number of anilines is 1. The summed E-state index contributed by atoms with van der Waals surface area (Å²) in [7, 11) is 0. The molecule has 5 heteroatoms. The quantitative estimate of drug-likeness (QED) is 0.853. The van der Waals surface area contributed by atoms with Crippen molar-refractivity contribution in [1.82, 2.24) is 10.2 Å². The Labute approximate surface area is 95.0 Å². The summed E-state index contributed by atoms with van der Waals surface area (Å²) in [6.07, 6.45) is 0. The maximum Gasteiger partial charge on any atom is 0.208 e. The first-order chi connectivity index (χ1) is 6.99. The van der Waals surface area contributed by atoms with Crippen molar-refractivity contribution in [3.05, 3.63) is 5.01 Å². The van der Waals surface area contributed by atoms with Crippen LogP contribution in [0.4, 0.5) is 5.13 Å². The van der Waals surface area contributed by atoms with E-state index in [-0.39, 0.29) is 12.0 Å². The first-order valence-corrected chi connectivity index (χ1v) is 6.00. The molecule has 0 spiro atoms. The molecule has 0 aliphatic heterocycles. The van der Waals surface area contributed by atoms with Gasteiger partial charge in [0, 0.05) is 18.5 Å². The van der Waals surface area contributed by atoms with Gasteiger partial charge in [-0.2, -0.15) is 0 Å². The lowest BCUT2D eigenvalue weighted by Crippen LogP contribution is -2.25. The van der Waals surface area contributed by atoms with Gasteiger partial charge in [-0.15, -0.1) is 10.2 Å². The lowest BCUT2D eigenvalue weighted by molar-refractivity contribution is 0.302. The van der Waals surface area contributed by atoms with Crippen molar-refractivity contribution < 1.29 is 5.11 Å². The van der Waals surface area contributed by atoms with Crippen molar-refractivity contribution >= 4 is 16.5 Å². The minimum Gasteiger partial charge on any atom is -0.395 e. The van der Waals surface area contributed by atoms with Gasteiger partial charge in [-0.3, -0.25) is 0 Å². The number of aliphatic hydroxyl groups is 1. The van der Waals surface area contributed by atoms with Gasteiger partial charge < -0.3 is 10.0 Å². The topological polar surface area (TPSA) is 49.2 Å². The summed E-state index contributed by atoms with van der Waals surface area (Å²) in [4.78, 5) is 2.03. The van der Waals surface area contributed by atoms with Crippen LogP contribution >= 0.6 is 11.3 Å². The van der Waals surface area contributed by atoms with E-state index in [2.05, 4.69) is 31.0 Å². The van der Waals surface area contributed by atoms with E-state index in [0.29, 0.717) is 6.54 Å². The van der Waals surface area contributed by atoms with Crippen molar-refractivity contribution in [2.45, 2.75) is 33.1 Å². The van der Waals surface area contributed by atoms with Crippen molar-refractivity contribution in [1.29, 1.82) is 0 Å². The van der Waals surface area contributed by atoms with Crippen LogP contribution in [-0.2, 0) is 5.41 Å². The summed E-state index contributed by atoms with van der Waals surface area (Å²) >= 11 is 1.61. The molecule has 1 heterocycles. The third kappa shape index (κ3) is 3.14. The van der Waals surface area contributed by atoms with Crippen LogP contribution in [0, 0.1) is 0 Å². The Morgan fingerprint density at radius 3 is 2.40 bits per heavy atom. The van der Waals surface area contributed by atoms with Crippen LogP contribution in [0.15, 0.2) is 0 Å². The minimum atomic E-state index is 0.0501. The molecular formula is C10H19N3OS. The standard InChI is InChI=1S/C10H19N3OS/c1-5-13(6-7-14)9-12-11-8(15-9)10(2,3)4/h14H,5-7H2,1-4H3. The fourth-order valence-corrected chi connectivity index (χ4v) is 2.15. The molecule has 1 aromatic rings. The predicted octanol–water partition coefficient (Wildman–Crippen LogP) is 1.65. The lowest BCUT2D eigenvalue weighted by Gasteiger charge is -2.17. The molecule has 0 amide bonds. The van der Waals surface area contributed by atoms with Gasteiger partial charge in [0.05, 0.1) is 6.61 Å². The summed E-state index contributed by atoms with van der Waals surface area (Å²) in [6.45, 7) is 10.0. The van der Waals surface area contributed by atoms with E-state index < -0.39 is 0 Å². The average Bonchev–Trinajstić information content (AvgIpc) is 2.62. The third-order valence-electron chi connectivity index (χ3n) is 2.08. The third-order valence-corrected chi connectivity index (χ3v) is 3.49. The van der Waals surface area contributed by atoms with Gasteiger partial charge in [-0.25, -0.2) is 0 Å². The molecule has 15 heavy (non-hydrogen) atoms. The molecular weight excluding hydrogens is 210 g/mol. The fraction of sp³-hybridized carbons (Fsp3) is 0.800. The van der Waals surface area contributed by atoms with E-state index in [4.69, 9.17) is 5.11 Å². The maximum absolute atomic E-state index is 8.91. The zero-order chi connectivity index (χ0) is 11.5. The van der Waals surface area contributed by atoms with Gasteiger partial charge in [0.1, 0.15) is 5.01 Å². The van der Waals surface area contributed by atoms with Crippen molar-refractivity contribution in [3.8, 4) is 0 Å². The van der Waals surface area contributed by atoms with Crippen LogP contribution in [0.25, 0.3) is 0 Å². The predicted molar refractivity (Wildman–Crippen MR) is 63.6 cm³/mol. The minimum absolute atomic E-state index is 0.0501. The zero-order valence-electron chi connectivity index (χ0n) is 9.82.